The van der Waals surface area contributed by atoms with E-state index in [1.165, 1.54) is 0 Å². The molecular weight excluding hydrogens is 252 g/mol. The molecule has 1 aromatic carbocycles. The van der Waals surface area contributed by atoms with Crippen molar-refractivity contribution in [3.05, 3.63) is 35.2 Å². The van der Waals surface area contributed by atoms with E-state index in [9.17, 15) is 8.78 Å². The number of fused-ring (bicyclic) bond motifs is 1. The van der Waals surface area contributed by atoms with Crippen LogP contribution in [0.1, 0.15) is 18.9 Å². The second-order valence-corrected chi connectivity index (χ2v) is 5.27. The Kier molecular flexibility index (Phi) is 4.66. The van der Waals surface area contributed by atoms with E-state index in [1.54, 1.807) is 11.3 Å². The van der Waals surface area contributed by atoms with Crippen LogP contribution in [0.2, 0.25) is 0 Å². The van der Waals surface area contributed by atoms with Crippen molar-refractivity contribution in [3.63, 3.8) is 0 Å². The maximum Gasteiger partial charge on any atom is 0.254 e. The lowest BCUT2D eigenvalue weighted by Gasteiger charge is -2.17. The molecular formula is C14H17F2NS. The van der Waals surface area contributed by atoms with Crippen molar-refractivity contribution in [2.75, 3.05) is 6.54 Å². The van der Waals surface area contributed by atoms with Gasteiger partial charge in [-0.05, 0) is 41.8 Å². The van der Waals surface area contributed by atoms with Gasteiger partial charge in [-0.3, -0.25) is 0 Å². The smallest absolute Gasteiger partial charge is 0.254 e. The van der Waals surface area contributed by atoms with Gasteiger partial charge >= 0.3 is 0 Å². The molecule has 1 unspecified atom stereocenters. The highest BCUT2D eigenvalue weighted by Crippen LogP contribution is 2.27. The second kappa shape index (κ2) is 6.25. The number of alkyl halides is 2. The molecule has 1 nitrogen and oxygen atoms in total. The SMILES string of the molecule is CCCNC(Cc1csc2ccccc12)C(F)F. The van der Waals surface area contributed by atoms with Gasteiger partial charge in [0.2, 0.25) is 0 Å². The summed E-state index contributed by atoms with van der Waals surface area (Å²) in [4.78, 5) is 0. The topological polar surface area (TPSA) is 12.0 Å². The standard InChI is InChI=1S/C14H17F2NS/c1-2-7-17-12(14(15)16)8-10-9-18-13-6-4-3-5-11(10)13/h3-6,9,12,14,17H,2,7-8H2,1H3. The quantitative estimate of drug-likeness (QED) is 0.833. The molecule has 0 aliphatic rings. The average molecular weight is 269 g/mol. The third kappa shape index (κ3) is 3.06. The van der Waals surface area contributed by atoms with Gasteiger partial charge in [0, 0.05) is 4.70 Å². The number of hydrogen-bond donors (Lipinski definition) is 1. The summed E-state index contributed by atoms with van der Waals surface area (Å²) in [6, 6.07) is 7.21. The van der Waals surface area contributed by atoms with Crippen LogP contribution >= 0.6 is 11.3 Å². The molecule has 0 radical (unpaired) electrons. The van der Waals surface area contributed by atoms with Gasteiger partial charge in [0.1, 0.15) is 0 Å². The highest BCUT2D eigenvalue weighted by Gasteiger charge is 2.21. The minimum absolute atomic E-state index is 0.391. The van der Waals surface area contributed by atoms with Gasteiger partial charge in [-0.2, -0.15) is 0 Å². The fourth-order valence-corrected chi connectivity index (χ4v) is 2.98. The zero-order chi connectivity index (χ0) is 13.0. The summed E-state index contributed by atoms with van der Waals surface area (Å²) in [5.41, 5.74) is 1.02. The van der Waals surface area contributed by atoms with Crippen molar-refractivity contribution >= 4 is 21.4 Å². The van der Waals surface area contributed by atoms with Gasteiger partial charge in [-0.15, -0.1) is 11.3 Å². The zero-order valence-electron chi connectivity index (χ0n) is 10.3. The molecule has 4 heteroatoms. The van der Waals surface area contributed by atoms with Crippen LogP contribution in [-0.4, -0.2) is 19.0 Å². The number of halogens is 2. The van der Waals surface area contributed by atoms with Crippen LogP contribution in [0.15, 0.2) is 29.6 Å². The van der Waals surface area contributed by atoms with Crippen LogP contribution in [0.5, 0.6) is 0 Å². The minimum atomic E-state index is -2.32. The van der Waals surface area contributed by atoms with E-state index >= 15 is 0 Å². The van der Waals surface area contributed by atoms with E-state index < -0.39 is 12.5 Å². The molecule has 0 aliphatic heterocycles. The number of benzene rings is 1. The molecule has 0 bridgehead atoms. The normalized spacial score (nSPS) is 13.3. The molecule has 0 spiro atoms. The van der Waals surface area contributed by atoms with Crippen LogP contribution in [0.3, 0.4) is 0 Å². The molecule has 0 fully saturated rings. The number of hydrogen-bond acceptors (Lipinski definition) is 2. The van der Waals surface area contributed by atoms with E-state index in [1.807, 2.05) is 36.6 Å². The summed E-state index contributed by atoms with van der Waals surface area (Å²) in [5.74, 6) is 0. The molecule has 0 saturated heterocycles. The Morgan fingerprint density at radius 3 is 2.78 bits per heavy atom. The van der Waals surface area contributed by atoms with E-state index in [2.05, 4.69) is 5.32 Å². The van der Waals surface area contributed by atoms with Crippen LogP contribution in [0.25, 0.3) is 10.1 Å². The first-order valence-electron chi connectivity index (χ1n) is 6.19. The molecule has 1 N–H and O–H groups in total. The molecule has 0 amide bonds. The summed E-state index contributed by atoms with van der Waals surface area (Å²) >= 11 is 1.62. The van der Waals surface area contributed by atoms with E-state index in [4.69, 9.17) is 0 Å². The predicted octanol–water partition coefficient (Wildman–Crippen LogP) is 4.08. The first-order chi connectivity index (χ1) is 8.72. The average Bonchev–Trinajstić information content (AvgIpc) is 2.77. The largest absolute Gasteiger partial charge is 0.309 e. The molecule has 2 rings (SSSR count). The maximum absolute atomic E-state index is 13.0. The van der Waals surface area contributed by atoms with Gasteiger partial charge in [0.15, 0.2) is 0 Å². The molecule has 1 atom stereocenters. The van der Waals surface area contributed by atoms with Crippen molar-refractivity contribution in [1.82, 2.24) is 5.32 Å². The lowest BCUT2D eigenvalue weighted by Crippen LogP contribution is -2.37. The van der Waals surface area contributed by atoms with Gasteiger partial charge in [-0.25, -0.2) is 8.78 Å². The van der Waals surface area contributed by atoms with Gasteiger partial charge < -0.3 is 5.32 Å². The van der Waals surface area contributed by atoms with E-state index in [-0.39, 0.29) is 0 Å². The van der Waals surface area contributed by atoms with Gasteiger partial charge in [-0.1, -0.05) is 25.1 Å². The first kappa shape index (κ1) is 13.4. The van der Waals surface area contributed by atoms with Gasteiger partial charge in [0.05, 0.1) is 6.04 Å². The van der Waals surface area contributed by atoms with E-state index in [0.29, 0.717) is 13.0 Å². The van der Waals surface area contributed by atoms with Crippen molar-refractivity contribution in [3.8, 4) is 0 Å². The second-order valence-electron chi connectivity index (χ2n) is 4.36. The highest BCUT2D eigenvalue weighted by atomic mass is 32.1. The van der Waals surface area contributed by atoms with Crippen LogP contribution in [-0.2, 0) is 6.42 Å². The highest BCUT2D eigenvalue weighted by molar-refractivity contribution is 7.17. The molecule has 1 aromatic heterocycles. The Balaban J connectivity index is 2.15. The van der Waals surface area contributed by atoms with Crippen molar-refractivity contribution in [2.45, 2.75) is 32.2 Å². The summed E-state index contributed by atoms with van der Waals surface area (Å²) in [7, 11) is 0. The van der Waals surface area contributed by atoms with Crippen LogP contribution in [0, 0.1) is 0 Å². The Morgan fingerprint density at radius 1 is 1.28 bits per heavy atom. The number of rotatable bonds is 6. The van der Waals surface area contributed by atoms with Crippen molar-refractivity contribution in [1.29, 1.82) is 0 Å². The third-order valence-corrected chi connectivity index (χ3v) is 3.97. The molecule has 0 saturated carbocycles. The Bertz CT molecular complexity index is 495. The summed E-state index contributed by atoms with van der Waals surface area (Å²) in [5, 5.41) is 6.02. The summed E-state index contributed by atoms with van der Waals surface area (Å²) in [6.45, 7) is 2.62. The zero-order valence-corrected chi connectivity index (χ0v) is 11.1. The fourth-order valence-electron chi connectivity index (χ4n) is 2.01. The summed E-state index contributed by atoms with van der Waals surface area (Å²) in [6.07, 6.45) is -1.06. The monoisotopic (exact) mass is 269 g/mol. The first-order valence-corrected chi connectivity index (χ1v) is 7.07. The minimum Gasteiger partial charge on any atom is -0.309 e. The predicted molar refractivity (Wildman–Crippen MR) is 73.6 cm³/mol. The molecule has 2 aromatic rings. The van der Waals surface area contributed by atoms with Crippen LogP contribution in [0.4, 0.5) is 8.78 Å². The fraction of sp³-hybridized carbons (Fsp3) is 0.429. The van der Waals surface area contributed by atoms with Crippen LogP contribution < -0.4 is 5.32 Å². The Hall–Kier alpha value is -1.00. The molecule has 18 heavy (non-hydrogen) atoms. The summed E-state index contributed by atoms with van der Waals surface area (Å²) < 4.78 is 27.1. The maximum atomic E-state index is 13.0. The van der Waals surface area contributed by atoms with Gasteiger partial charge in [0.25, 0.3) is 6.43 Å². The third-order valence-electron chi connectivity index (χ3n) is 2.96. The van der Waals surface area contributed by atoms with Crippen molar-refractivity contribution in [2.24, 2.45) is 0 Å². The molecule has 98 valence electrons. The number of nitrogens with one attached hydrogen (secondary N) is 1. The molecule has 0 aliphatic carbocycles. The molecule has 1 heterocycles. The lowest BCUT2D eigenvalue weighted by atomic mass is 10.1. The van der Waals surface area contributed by atoms with Crippen molar-refractivity contribution < 1.29 is 8.78 Å². The Labute approximate surface area is 110 Å². The number of thiophene rings is 1. The van der Waals surface area contributed by atoms with E-state index in [0.717, 1.165) is 22.1 Å². The Morgan fingerprint density at radius 2 is 2.06 bits per heavy atom. The lowest BCUT2D eigenvalue weighted by molar-refractivity contribution is 0.0985.